The Hall–Kier alpha value is -3.04. The molecule has 158 valence electrons. The van der Waals surface area contributed by atoms with Gasteiger partial charge >= 0.3 is 5.97 Å². The summed E-state index contributed by atoms with van der Waals surface area (Å²) >= 11 is 0. The molecule has 0 spiro atoms. The largest absolute Gasteiger partial charge is 0.342 e. The van der Waals surface area contributed by atoms with E-state index in [2.05, 4.69) is 5.32 Å². The fraction of sp³-hybridized carbons (Fsp3) is 0.579. The van der Waals surface area contributed by atoms with Crippen LogP contribution < -0.4 is 5.32 Å². The van der Waals surface area contributed by atoms with E-state index in [1.807, 2.05) is 0 Å². The van der Waals surface area contributed by atoms with Crippen molar-refractivity contribution in [2.24, 2.45) is 0 Å². The Bertz CT molecular complexity index is 718. The summed E-state index contributed by atoms with van der Waals surface area (Å²) < 4.78 is 0. The molecule has 2 rings (SSSR count). The second-order valence-electron chi connectivity index (χ2n) is 6.98. The number of nitrogens with one attached hydrogen (secondary N) is 1. The minimum atomic E-state index is -0.669. The van der Waals surface area contributed by atoms with E-state index in [-0.39, 0.29) is 31.6 Å². The van der Waals surface area contributed by atoms with E-state index in [4.69, 9.17) is 4.84 Å². The molecule has 2 aliphatic heterocycles. The highest BCUT2D eigenvalue weighted by Crippen LogP contribution is 2.18. The number of unbranched alkanes of at least 4 members (excludes halogenated alkanes) is 1. The molecule has 0 aliphatic carbocycles. The zero-order chi connectivity index (χ0) is 21.4. The number of nitrogens with zero attached hydrogens (tertiary/aromatic N) is 2. The third-order valence-electron chi connectivity index (χ3n) is 4.61. The van der Waals surface area contributed by atoms with Crippen molar-refractivity contribution in [3.05, 3.63) is 11.6 Å². The van der Waals surface area contributed by atoms with E-state index in [1.165, 1.54) is 13.0 Å². The predicted molar refractivity (Wildman–Crippen MR) is 98.4 cm³/mol. The predicted octanol–water partition coefficient (Wildman–Crippen LogP) is 0.365. The lowest BCUT2D eigenvalue weighted by atomic mass is 10.0. The molecule has 0 saturated carbocycles. The van der Waals surface area contributed by atoms with Crippen LogP contribution in [0.25, 0.3) is 0 Å². The number of amides is 5. The lowest BCUT2D eigenvalue weighted by molar-refractivity contribution is -0.197. The van der Waals surface area contributed by atoms with Gasteiger partial charge in [-0.2, -0.15) is 0 Å². The SMILES string of the molecule is CC(=O)NC(=O)C=C1CCN(C(=O)CCCCC(=O)ON2C(=O)CCC2=O)CC1. The molecule has 0 aromatic rings. The van der Waals surface area contributed by atoms with E-state index in [9.17, 15) is 28.8 Å². The Morgan fingerprint density at radius 2 is 1.55 bits per heavy atom. The summed E-state index contributed by atoms with van der Waals surface area (Å²) in [4.78, 5) is 75.6. The second kappa shape index (κ2) is 10.5. The summed E-state index contributed by atoms with van der Waals surface area (Å²) in [6.07, 6.45) is 3.83. The molecule has 2 fully saturated rings. The van der Waals surface area contributed by atoms with Crippen LogP contribution in [0.2, 0.25) is 0 Å². The minimum absolute atomic E-state index is 0.0164. The standard InChI is InChI=1S/C19H25N3O7/c1-13(23)20-15(24)12-14-8-10-21(11-9-14)16(25)4-2-3-5-19(28)29-22-17(26)6-7-18(22)27/h12H,2-11H2,1H3,(H,20,23,24). The second-order valence-corrected chi connectivity index (χ2v) is 6.98. The van der Waals surface area contributed by atoms with E-state index in [0.717, 1.165) is 5.57 Å². The van der Waals surface area contributed by atoms with Crippen LogP contribution in [0.3, 0.4) is 0 Å². The topological polar surface area (TPSA) is 130 Å². The smallest absolute Gasteiger partial charge is 0.333 e. The van der Waals surface area contributed by atoms with Crippen LogP contribution in [0.1, 0.15) is 58.3 Å². The Balaban J connectivity index is 1.62. The third kappa shape index (κ3) is 7.13. The molecule has 10 heteroatoms. The van der Waals surface area contributed by atoms with Crippen molar-refractivity contribution >= 4 is 35.5 Å². The molecular formula is C19H25N3O7. The van der Waals surface area contributed by atoms with Crippen LogP contribution in [0.4, 0.5) is 0 Å². The summed E-state index contributed by atoms with van der Waals surface area (Å²) in [6.45, 7) is 2.27. The zero-order valence-electron chi connectivity index (χ0n) is 16.4. The summed E-state index contributed by atoms with van der Waals surface area (Å²) in [5.41, 5.74) is 0.890. The highest BCUT2D eigenvalue weighted by molar-refractivity contribution is 6.01. The van der Waals surface area contributed by atoms with E-state index < -0.39 is 29.6 Å². The van der Waals surface area contributed by atoms with Gasteiger partial charge in [-0.15, -0.1) is 5.06 Å². The molecule has 2 heterocycles. The average molecular weight is 407 g/mol. The van der Waals surface area contributed by atoms with Gasteiger partial charge in [0, 0.05) is 51.8 Å². The van der Waals surface area contributed by atoms with Gasteiger partial charge in [0.25, 0.3) is 11.8 Å². The summed E-state index contributed by atoms with van der Waals surface area (Å²) in [6, 6.07) is 0. The van der Waals surface area contributed by atoms with E-state index >= 15 is 0 Å². The van der Waals surface area contributed by atoms with Crippen molar-refractivity contribution in [3.8, 4) is 0 Å². The molecule has 0 atom stereocenters. The zero-order valence-corrected chi connectivity index (χ0v) is 16.4. The number of carbonyl (C=O) groups is 6. The van der Waals surface area contributed by atoms with Gasteiger partial charge in [0.15, 0.2) is 0 Å². The molecular weight excluding hydrogens is 382 g/mol. The molecule has 0 aromatic carbocycles. The van der Waals surface area contributed by atoms with Crippen LogP contribution in [0, 0.1) is 0 Å². The molecule has 0 bridgehead atoms. The summed E-state index contributed by atoms with van der Waals surface area (Å²) in [5.74, 6) is -2.60. The number of hydrogen-bond donors (Lipinski definition) is 1. The first-order valence-corrected chi connectivity index (χ1v) is 9.61. The van der Waals surface area contributed by atoms with Gasteiger partial charge in [0.1, 0.15) is 0 Å². The van der Waals surface area contributed by atoms with Crippen LogP contribution in [0.5, 0.6) is 0 Å². The van der Waals surface area contributed by atoms with Crippen molar-refractivity contribution in [1.82, 2.24) is 15.3 Å². The highest BCUT2D eigenvalue weighted by atomic mass is 16.7. The maximum absolute atomic E-state index is 12.3. The number of likely N-dealkylation sites (tertiary alicyclic amines) is 1. The van der Waals surface area contributed by atoms with Gasteiger partial charge in [0.05, 0.1) is 0 Å². The van der Waals surface area contributed by atoms with E-state index in [0.29, 0.717) is 43.8 Å². The fourth-order valence-corrected chi connectivity index (χ4v) is 3.09. The monoisotopic (exact) mass is 407 g/mol. The van der Waals surface area contributed by atoms with Crippen molar-refractivity contribution in [3.63, 3.8) is 0 Å². The molecule has 0 unspecified atom stereocenters. The fourth-order valence-electron chi connectivity index (χ4n) is 3.09. The Morgan fingerprint density at radius 3 is 2.14 bits per heavy atom. The number of piperidine rings is 1. The average Bonchev–Trinajstić information content (AvgIpc) is 2.97. The maximum Gasteiger partial charge on any atom is 0.333 e. The van der Waals surface area contributed by atoms with Gasteiger partial charge in [-0.3, -0.25) is 29.3 Å². The van der Waals surface area contributed by atoms with Crippen LogP contribution in [-0.4, -0.2) is 58.6 Å². The van der Waals surface area contributed by atoms with Gasteiger partial charge in [-0.1, -0.05) is 5.57 Å². The molecule has 2 aliphatic rings. The first-order chi connectivity index (χ1) is 13.8. The van der Waals surface area contributed by atoms with Crippen molar-refractivity contribution in [2.75, 3.05) is 13.1 Å². The third-order valence-corrected chi connectivity index (χ3v) is 4.61. The minimum Gasteiger partial charge on any atom is -0.342 e. The highest BCUT2D eigenvalue weighted by Gasteiger charge is 2.32. The van der Waals surface area contributed by atoms with Crippen LogP contribution >= 0.6 is 0 Å². The Kier molecular flexibility index (Phi) is 8.05. The van der Waals surface area contributed by atoms with Crippen molar-refractivity contribution in [1.29, 1.82) is 0 Å². The first kappa shape index (κ1) is 22.3. The van der Waals surface area contributed by atoms with Crippen LogP contribution in [0.15, 0.2) is 11.6 Å². The molecule has 1 N–H and O–H groups in total. The lowest BCUT2D eigenvalue weighted by Crippen LogP contribution is -2.36. The van der Waals surface area contributed by atoms with Gasteiger partial charge in [-0.05, 0) is 25.7 Å². The normalized spacial score (nSPS) is 16.7. The quantitative estimate of drug-likeness (QED) is 0.366. The number of hydrogen-bond acceptors (Lipinski definition) is 7. The molecule has 0 radical (unpaired) electrons. The molecule has 0 aromatic heterocycles. The lowest BCUT2D eigenvalue weighted by Gasteiger charge is -2.28. The van der Waals surface area contributed by atoms with Crippen molar-refractivity contribution in [2.45, 2.75) is 58.3 Å². The Labute approximate surface area is 168 Å². The van der Waals surface area contributed by atoms with Crippen LogP contribution in [-0.2, 0) is 33.6 Å². The van der Waals surface area contributed by atoms with Gasteiger partial charge in [0.2, 0.25) is 17.7 Å². The van der Waals surface area contributed by atoms with Gasteiger partial charge in [-0.25, -0.2) is 4.79 Å². The number of rotatable bonds is 7. The summed E-state index contributed by atoms with van der Waals surface area (Å²) in [5, 5.41) is 2.70. The first-order valence-electron chi connectivity index (χ1n) is 9.61. The molecule has 29 heavy (non-hydrogen) atoms. The van der Waals surface area contributed by atoms with Gasteiger partial charge < -0.3 is 9.74 Å². The summed E-state index contributed by atoms with van der Waals surface area (Å²) in [7, 11) is 0. The van der Waals surface area contributed by atoms with Crippen molar-refractivity contribution < 1.29 is 33.6 Å². The number of imide groups is 2. The molecule has 2 saturated heterocycles. The Morgan fingerprint density at radius 1 is 0.966 bits per heavy atom. The number of hydroxylamine groups is 2. The van der Waals surface area contributed by atoms with E-state index in [1.54, 1.807) is 4.90 Å². The molecule has 5 amide bonds. The number of carbonyl (C=O) groups excluding carboxylic acids is 6. The maximum atomic E-state index is 12.3. The molecule has 10 nitrogen and oxygen atoms in total.